The van der Waals surface area contributed by atoms with E-state index >= 15 is 0 Å². The molecule has 0 aliphatic heterocycles. The first-order valence-corrected chi connectivity index (χ1v) is 6.11. The Bertz CT molecular complexity index is 543. The van der Waals surface area contributed by atoms with Gasteiger partial charge in [-0.3, -0.25) is 0 Å². The Morgan fingerprint density at radius 3 is 2.68 bits per heavy atom. The zero-order chi connectivity index (χ0) is 13.7. The molecule has 100 valence electrons. The van der Waals surface area contributed by atoms with Crippen LogP contribution >= 0.6 is 0 Å². The molecule has 0 spiro atoms. The lowest BCUT2D eigenvalue weighted by Crippen LogP contribution is -2.12. The average molecular weight is 259 g/mol. The number of carbonyl (C=O) groups is 1. The first kappa shape index (κ1) is 13.4. The Hall–Kier alpha value is -2.07. The lowest BCUT2D eigenvalue weighted by Gasteiger charge is -2.03. The van der Waals surface area contributed by atoms with Crippen LogP contribution in [0.4, 0.5) is 0 Å². The SMILES string of the molecule is COC(=O)c1coc(CNCc2ccc(C)cc2)c1. The fraction of sp³-hybridized carbons (Fsp3) is 0.267. The minimum absolute atomic E-state index is 0.381. The van der Waals surface area contributed by atoms with Crippen molar-refractivity contribution in [1.82, 2.24) is 5.32 Å². The molecule has 1 heterocycles. The Labute approximate surface area is 112 Å². The van der Waals surface area contributed by atoms with Crippen molar-refractivity contribution in [3.63, 3.8) is 0 Å². The lowest BCUT2D eigenvalue weighted by atomic mass is 10.1. The molecule has 0 unspecified atom stereocenters. The predicted octanol–water partition coefficient (Wildman–Crippen LogP) is 2.66. The van der Waals surface area contributed by atoms with Crippen molar-refractivity contribution in [2.45, 2.75) is 20.0 Å². The highest BCUT2D eigenvalue weighted by Gasteiger charge is 2.09. The number of hydrogen-bond donors (Lipinski definition) is 1. The number of carbonyl (C=O) groups excluding carboxylic acids is 1. The van der Waals surface area contributed by atoms with Crippen LogP contribution in [0.5, 0.6) is 0 Å². The van der Waals surface area contributed by atoms with Gasteiger partial charge in [0.15, 0.2) is 0 Å². The minimum atomic E-state index is -0.381. The van der Waals surface area contributed by atoms with Gasteiger partial charge in [-0.25, -0.2) is 4.79 Å². The number of nitrogens with one attached hydrogen (secondary N) is 1. The van der Waals surface area contributed by atoms with E-state index in [9.17, 15) is 4.79 Å². The molecule has 0 radical (unpaired) electrons. The Kier molecular flexibility index (Phi) is 4.36. The van der Waals surface area contributed by atoms with Crippen molar-refractivity contribution in [3.05, 3.63) is 59.0 Å². The summed E-state index contributed by atoms with van der Waals surface area (Å²) in [6, 6.07) is 10.0. The van der Waals surface area contributed by atoms with Gasteiger partial charge in [0.05, 0.1) is 19.2 Å². The van der Waals surface area contributed by atoms with E-state index in [2.05, 4.69) is 41.2 Å². The molecule has 2 aromatic rings. The first-order chi connectivity index (χ1) is 9.19. The highest BCUT2D eigenvalue weighted by molar-refractivity contribution is 5.88. The minimum Gasteiger partial charge on any atom is -0.467 e. The molecule has 0 saturated heterocycles. The average Bonchev–Trinajstić information content (AvgIpc) is 2.89. The van der Waals surface area contributed by atoms with E-state index in [0.29, 0.717) is 17.9 Å². The second kappa shape index (κ2) is 6.20. The molecule has 0 atom stereocenters. The van der Waals surface area contributed by atoms with Gasteiger partial charge in [-0.05, 0) is 18.6 Å². The Morgan fingerprint density at radius 2 is 2.00 bits per heavy atom. The lowest BCUT2D eigenvalue weighted by molar-refractivity contribution is 0.0600. The quantitative estimate of drug-likeness (QED) is 0.839. The van der Waals surface area contributed by atoms with Crippen LogP contribution < -0.4 is 5.32 Å². The molecule has 0 saturated carbocycles. The Morgan fingerprint density at radius 1 is 1.26 bits per heavy atom. The molecule has 0 fully saturated rings. The van der Waals surface area contributed by atoms with Gasteiger partial charge in [-0.2, -0.15) is 0 Å². The summed E-state index contributed by atoms with van der Waals surface area (Å²) < 4.78 is 9.90. The summed E-state index contributed by atoms with van der Waals surface area (Å²) in [7, 11) is 1.35. The standard InChI is InChI=1S/C15H17NO3/c1-11-3-5-12(6-4-11)8-16-9-14-7-13(10-19-14)15(17)18-2/h3-7,10,16H,8-9H2,1-2H3. The van der Waals surface area contributed by atoms with E-state index in [4.69, 9.17) is 4.42 Å². The zero-order valence-corrected chi connectivity index (χ0v) is 11.1. The summed E-state index contributed by atoms with van der Waals surface area (Å²) in [5, 5.41) is 3.26. The summed E-state index contributed by atoms with van der Waals surface area (Å²) >= 11 is 0. The van der Waals surface area contributed by atoms with Crippen molar-refractivity contribution in [1.29, 1.82) is 0 Å². The number of aryl methyl sites for hydroxylation is 1. The summed E-state index contributed by atoms with van der Waals surface area (Å²) in [5.74, 6) is 0.334. The number of furan rings is 1. The molecule has 19 heavy (non-hydrogen) atoms. The van der Waals surface area contributed by atoms with Gasteiger partial charge in [0.25, 0.3) is 0 Å². The molecular weight excluding hydrogens is 242 g/mol. The molecule has 1 aromatic carbocycles. The van der Waals surface area contributed by atoms with Crippen LogP contribution in [0.1, 0.15) is 27.2 Å². The van der Waals surface area contributed by atoms with Crippen LogP contribution in [0, 0.1) is 6.92 Å². The van der Waals surface area contributed by atoms with Gasteiger partial charge < -0.3 is 14.5 Å². The van der Waals surface area contributed by atoms with Crippen LogP contribution in [-0.2, 0) is 17.8 Å². The monoisotopic (exact) mass is 259 g/mol. The second-order valence-electron chi connectivity index (χ2n) is 4.38. The summed E-state index contributed by atoms with van der Waals surface area (Å²) in [4.78, 5) is 11.3. The molecule has 0 aliphatic rings. The number of hydrogen-bond acceptors (Lipinski definition) is 4. The molecule has 4 nitrogen and oxygen atoms in total. The van der Waals surface area contributed by atoms with Crippen LogP contribution in [0.25, 0.3) is 0 Å². The maximum absolute atomic E-state index is 11.3. The predicted molar refractivity (Wildman–Crippen MR) is 71.8 cm³/mol. The fourth-order valence-electron chi connectivity index (χ4n) is 1.73. The van der Waals surface area contributed by atoms with Gasteiger partial charge in [0, 0.05) is 6.54 Å². The van der Waals surface area contributed by atoms with Gasteiger partial charge in [-0.1, -0.05) is 29.8 Å². The van der Waals surface area contributed by atoms with Crippen molar-refractivity contribution in [3.8, 4) is 0 Å². The molecule has 0 bridgehead atoms. The van der Waals surface area contributed by atoms with Crippen LogP contribution in [0.2, 0.25) is 0 Å². The molecule has 0 aliphatic carbocycles. The van der Waals surface area contributed by atoms with E-state index in [0.717, 1.165) is 6.54 Å². The molecular formula is C15H17NO3. The van der Waals surface area contributed by atoms with Gasteiger partial charge in [0.2, 0.25) is 0 Å². The van der Waals surface area contributed by atoms with E-state index in [-0.39, 0.29) is 5.97 Å². The van der Waals surface area contributed by atoms with E-state index in [1.165, 1.54) is 24.5 Å². The van der Waals surface area contributed by atoms with E-state index < -0.39 is 0 Å². The number of ether oxygens (including phenoxy) is 1. The number of esters is 1. The van der Waals surface area contributed by atoms with Crippen molar-refractivity contribution in [2.75, 3.05) is 7.11 Å². The third kappa shape index (κ3) is 3.69. The number of rotatable bonds is 5. The third-order valence-electron chi connectivity index (χ3n) is 2.82. The number of benzene rings is 1. The summed E-state index contributed by atoms with van der Waals surface area (Å²) in [6.07, 6.45) is 1.41. The molecule has 4 heteroatoms. The van der Waals surface area contributed by atoms with Crippen molar-refractivity contribution >= 4 is 5.97 Å². The maximum atomic E-state index is 11.3. The molecule has 2 rings (SSSR count). The fourth-order valence-corrected chi connectivity index (χ4v) is 1.73. The molecule has 1 N–H and O–H groups in total. The zero-order valence-electron chi connectivity index (χ0n) is 11.1. The molecule has 0 amide bonds. The van der Waals surface area contributed by atoms with Crippen molar-refractivity contribution in [2.24, 2.45) is 0 Å². The van der Waals surface area contributed by atoms with Gasteiger partial charge in [0.1, 0.15) is 12.0 Å². The molecule has 1 aromatic heterocycles. The Balaban J connectivity index is 1.84. The van der Waals surface area contributed by atoms with Crippen LogP contribution in [-0.4, -0.2) is 13.1 Å². The summed E-state index contributed by atoms with van der Waals surface area (Å²) in [5.41, 5.74) is 2.90. The smallest absolute Gasteiger partial charge is 0.341 e. The van der Waals surface area contributed by atoms with Crippen LogP contribution in [0.15, 0.2) is 41.0 Å². The number of methoxy groups -OCH3 is 1. The topological polar surface area (TPSA) is 51.5 Å². The third-order valence-corrected chi connectivity index (χ3v) is 2.82. The van der Waals surface area contributed by atoms with Crippen molar-refractivity contribution < 1.29 is 13.9 Å². The van der Waals surface area contributed by atoms with E-state index in [1.807, 2.05) is 0 Å². The maximum Gasteiger partial charge on any atom is 0.341 e. The summed E-state index contributed by atoms with van der Waals surface area (Å²) in [6.45, 7) is 3.40. The van der Waals surface area contributed by atoms with E-state index in [1.54, 1.807) is 6.07 Å². The normalized spacial score (nSPS) is 10.4. The van der Waals surface area contributed by atoms with Gasteiger partial charge in [-0.15, -0.1) is 0 Å². The van der Waals surface area contributed by atoms with Gasteiger partial charge >= 0.3 is 5.97 Å². The first-order valence-electron chi connectivity index (χ1n) is 6.11. The largest absolute Gasteiger partial charge is 0.467 e. The second-order valence-corrected chi connectivity index (χ2v) is 4.38. The van der Waals surface area contributed by atoms with Crippen LogP contribution in [0.3, 0.4) is 0 Å². The highest BCUT2D eigenvalue weighted by Crippen LogP contribution is 2.09. The highest BCUT2D eigenvalue weighted by atomic mass is 16.5.